The number of nitrogens with zero attached hydrogens (tertiary/aromatic N) is 2. The zero-order valence-electron chi connectivity index (χ0n) is 28.2. The first kappa shape index (κ1) is 36.3. The van der Waals surface area contributed by atoms with Gasteiger partial charge in [0.05, 0.1) is 23.9 Å². The van der Waals surface area contributed by atoms with E-state index < -0.39 is 0 Å². The molecule has 9 nitrogen and oxygen atoms in total. The highest BCUT2D eigenvalue weighted by Gasteiger charge is 2.15. The van der Waals surface area contributed by atoms with E-state index in [-0.39, 0.29) is 26.6 Å². The van der Waals surface area contributed by atoms with Crippen molar-refractivity contribution in [3.05, 3.63) is 130 Å². The number of pyridine rings is 1. The van der Waals surface area contributed by atoms with E-state index in [2.05, 4.69) is 78.0 Å². The van der Waals surface area contributed by atoms with Crippen LogP contribution in [0, 0.1) is 25.2 Å². The first-order valence-electron chi connectivity index (χ1n) is 16.4. The SMILES string of the molecule is Cc1c(COc2cc(OCc3cncc(C#N)c3)c(CNCO)cc2Cl)cccc1-c1cccc(-c2ccc(OCCNCCO)cc2)c1C. The number of ether oxygens (including phenoxy) is 3. The maximum atomic E-state index is 9.33. The Morgan fingerprint density at radius 3 is 2.26 bits per heavy atom. The van der Waals surface area contributed by atoms with Gasteiger partial charge in [-0.1, -0.05) is 60.1 Å². The summed E-state index contributed by atoms with van der Waals surface area (Å²) in [6, 6.07) is 28.1. The Bertz CT molecular complexity index is 1930. The molecule has 0 aliphatic rings. The summed E-state index contributed by atoms with van der Waals surface area (Å²) >= 11 is 6.68. The van der Waals surface area contributed by atoms with Gasteiger partial charge >= 0.3 is 0 Å². The molecule has 0 aliphatic heterocycles. The summed E-state index contributed by atoms with van der Waals surface area (Å²) in [5.74, 6) is 1.81. The number of hydrogen-bond acceptors (Lipinski definition) is 9. The zero-order chi connectivity index (χ0) is 35.3. The molecule has 4 aromatic carbocycles. The molecule has 0 atom stereocenters. The highest BCUT2D eigenvalue weighted by atomic mass is 35.5. The molecule has 5 aromatic rings. The average Bonchev–Trinajstić information content (AvgIpc) is 3.14. The van der Waals surface area contributed by atoms with E-state index in [1.54, 1.807) is 24.4 Å². The number of aromatic nitrogens is 1. The summed E-state index contributed by atoms with van der Waals surface area (Å²) in [5, 5.41) is 33.9. The fourth-order valence-corrected chi connectivity index (χ4v) is 5.88. The molecule has 50 heavy (non-hydrogen) atoms. The van der Waals surface area contributed by atoms with Crippen LogP contribution in [-0.2, 0) is 19.8 Å². The average molecular weight is 693 g/mol. The third-order valence-corrected chi connectivity index (χ3v) is 8.61. The highest BCUT2D eigenvalue weighted by molar-refractivity contribution is 6.32. The van der Waals surface area contributed by atoms with Crippen LogP contribution in [0.15, 0.2) is 91.3 Å². The van der Waals surface area contributed by atoms with Crippen LogP contribution in [0.2, 0.25) is 5.02 Å². The molecule has 0 saturated heterocycles. The molecule has 10 heteroatoms. The van der Waals surface area contributed by atoms with Crippen LogP contribution in [0.3, 0.4) is 0 Å². The number of nitriles is 1. The van der Waals surface area contributed by atoms with Crippen molar-refractivity contribution in [2.24, 2.45) is 0 Å². The number of hydrogen-bond donors (Lipinski definition) is 4. The second-order valence-electron chi connectivity index (χ2n) is 11.7. The molecule has 0 fully saturated rings. The maximum Gasteiger partial charge on any atom is 0.142 e. The van der Waals surface area contributed by atoms with Crippen LogP contribution in [0.5, 0.6) is 17.2 Å². The fourth-order valence-electron chi connectivity index (χ4n) is 5.64. The Hall–Kier alpha value is -4.95. The topological polar surface area (TPSA) is 129 Å². The van der Waals surface area contributed by atoms with Gasteiger partial charge in [-0.15, -0.1) is 0 Å². The fraction of sp³-hybridized carbons (Fsp3) is 0.250. The molecule has 0 amide bonds. The quantitative estimate of drug-likeness (QED) is 0.0621. The summed E-state index contributed by atoms with van der Waals surface area (Å²) in [5.41, 5.74) is 9.75. The second-order valence-corrected chi connectivity index (χ2v) is 12.1. The van der Waals surface area contributed by atoms with Crippen molar-refractivity contribution in [2.45, 2.75) is 33.6 Å². The minimum absolute atomic E-state index is 0.109. The Morgan fingerprint density at radius 2 is 1.50 bits per heavy atom. The molecular weight excluding hydrogens is 652 g/mol. The van der Waals surface area contributed by atoms with Crippen molar-refractivity contribution in [3.63, 3.8) is 0 Å². The first-order chi connectivity index (χ1) is 24.4. The number of benzene rings is 4. The van der Waals surface area contributed by atoms with Crippen molar-refractivity contribution < 1.29 is 24.4 Å². The minimum atomic E-state index is -0.200. The van der Waals surface area contributed by atoms with E-state index >= 15 is 0 Å². The van der Waals surface area contributed by atoms with Gasteiger partial charge in [-0.2, -0.15) is 5.26 Å². The van der Waals surface area contributed by atoms with Gasteiger partial charge in [0.2, 0.25) is 0 Å². The molecule has 5 rings (SSSR count). The van der Waals surface area contributed by atoms with Gasteiger partial charge in [0.15, 0.2) is 0 Å². The summed E-state index contributed by atoms with van der Waals surface area (Å²) in [4.78, 5) is 4.11. The minimum Gasteiger partial charge on any atom is -0.492 e. The number of rotatable bonds is 17. The van der Waals surface area contributed by atoms with Crippen molar-refractivity contribution in [1.29, 1.82) is 5.26 Å². The smallest absolute Gasteiger partial charge is 0.142 e. The molecule has 1 heterocycles. The van der Waals surface area contributed by atoms with Crippen molar-refractivity contribution in [1.82, 2.24) is 15.6 Å². The number of halogens is 1. The third kappa shape index (κ3) is 9.39. The normalized spacial score (nSPS) is 10.9. The van der Waals surface area contributed by atoms with Gasteiger partial charge in [-0.3, -0.25) is 10.3 Å². The van der Waals surface area contributed by atoms with Crippen molar-refractivity contribution in [3.8, 4) is 45.6 Å². The summed E-state index contributed by atoms with van der Waals surface area (Å²) in [7, 11) is 0. The Kier molecular flexibility index (Phi) is 13.2. The van der Waals surface area contributed by atoms with E-state index in [0.29, 0.717) is 48.3 Å². The van der Waals surface area contributed by atoms with Gasteiger partial charge in [0, 0.05) is 49.2 Å². The lowest BCUT2D eigenvalue weighted by Gasteiger charge is -2.18. The number of aliphatic hydroxyl groups is 2. The van der Waals surface area contributed by atoms with E-state index in [4.69, 9.17) is 30.9 Å². The number of aliphatic hydroxyl groups excluding tert-OH is 2. The Labute approximate surface area is 298 Å². The maximum absolute atomic E-state index is 9.33. The molecule has 0 radical (unpaired) electrons. The van der Waals surface area contributed by atoms with Gasteiger partial charge in [0.25, 0.3) is 0 Å². The molecule has 1 aromatic heterocycles. The monoisotopic (exact) mass is 692 g/mol. The van der Waals surface area contributed by atoms with Crippen molar-refractivity contribution >= 4 is 11.6 Å². The van der Waals surface area contributed by atoms with Crippen LogP contribution in [0.4, 0.5) is 0 Å². The Morgan fingerprint density at radius 1 is 0.760 bits per heavy atom. The van der Waals surface area contributed by atoms with Crippen LogP contribution in [0.1, 0.15) is 33.4 Å². The Balaban J connectivity index is 1.32. The molecule has 0 bridgehead atoms. The van der Waals surface area contributed by atoms with Crippen molar-refractivity contribution in [2.75, 3.05) is 33.0 Å². The summed E-state index contributed by atoms with van der Waals surface area (Å²) in [6.45, 7) is 6.72. The predicted octanol–water partition coefficient (Wildman–Crippen LogP) is 6.72. The zero-order valence-corrected chi connectivity index (χ0v) is 29.0. The van der Waals surface area contributed by atoms with E-state index in [0.717, 1.165) is 50.3 Å². The van der Waals surface area contributed by atoms with Gasteiger partial charge in [-0.05, 0) is 77.1 Å². The van der Waals surface area contributed by atoms with E-state index in [1.165, 1.54) is 11.8 Å². The largest absolute Gasteiger partial charge is 0.492 e. The predicted molar refractivity (Wildman–Crippen MR) is 195 cm³/mol. The molecule has 4 N–H and O–H groups in total. The summed E-state index contributed by atoms with van der Waals surface area (Å²) in [6.07, 6.45) is 3.16. The van der Waals surface area contributed by atoms with Gasteiger partial charge in [-0.25, -0.2) is 0 Å². The summed E-state index contributed by atoms with van der Waals surface area (Å²) < 4.78 is 18.3. The van der Waals surface area contributed by atoms with Gasteiger partial charge < -0.3 is 29.7 Å². The third-order valence-electron chi connectivity index (χ3n) is 8.32. The molecular formula is C40H41ClN4O5. The molecule has 0 spiro atoms. The van der Waals surface area contributed by atoms with Crippen LogP contribution >= 0.6 is 11.6 Å². The lowest BCUT2D eigenvalue weighted by molar-refractivity contribution is 0.255. The van der Waals surface area contributed by atoms with Gasteiger partial charge in [0.1, 0.15) is 43.1 Å². The molecule has 258 valence electrons. The standard InChI is InChI=1S/C40H41ClN4O5/c1-27-32(25-50-40-19-39(33(18-38(40)41)23-45-26-47)49-24-30-17-29(20-42)21-44-22-30)5-3-7-36(27)37-8-4-6-35(28(37)2)31-9-11-34(12-10-31)48-16-14-43-13-15-46/h3-12,17-19,21-22,43,45-47H,13-16,23-26H2,1-2H3. The lowest BCUT2D eigenvalue weighted by Crippen LogP contribution is -2.23. The first-order valence-corrected chi connectivity index (χ1v) is 16.8. The molecule has 0 unspecified atom stereocenters. The van der Waals surface area contributed by atoms with Crippen LogP contribution in [-0.4, -0.2) is 48.2 Å². The molecule has 0 saturated carbocycles. The van der Waals surface area contributed by atoms with E-state index in [1.807, 2.05) is 18.2 Å². The highest BCUT2D eigenvalue weighted by Crippen LogP contribution is 2.37. The van der Waals surface area contributed by atoms with E-state index in [9.17, 15) is 10.4 Å². The second kappa shape index (κ2) is 18.2. The lowest BCUT2D eigenvalue weighted by atomic mass is 9.89. The van der Waals surface area contributed by atoms with Crippen LogP contribution < -0.4 is 24.8 Å². The molecule has 0 aliphatic carbocycles. The number of nitrogens with one attached hydrogen (secondary N) is 2. The van der Waals surface area contributed by atoms with Crippen LogP contribution in [0.25, 0.3) is 22.3 Å².